The van der Waals surface area contributed by atoms with Crippen LogP contribution in [0.1, 0.15) is 132 Å². The lowest BCUT2D eigenvalue weighted by Gasteiger charge is -2.43. The minimum atomic E-state index is -2.41. The number of cyclic esters (lactones) is 1. The highest BCUT2D eigenvalue weighted by atomic mass is 16.6. The molecule has 1 aliphatic carbocycles. The van der Waals surface area contributed by atoms with E-state index in [0.717, 1.165) is 12.0 Å². The van der Waals surface area contributed by atoms with Crippen molar-refractivity contribution in [3.8, 4) is 12.3 Å². The number of terminal acetylenes is 1. The molecule has 2 bridgehead atoms. The maximum absolute atomic E-state index is 14.7. The van der Waals surface area contributed by atoms with Crippen LogP contribution in [0.15, 0.2) is 52.8 Å². The monoisotopic (exact) mass is 997 g/mol. The molecule has 3 heterocycles. The number of methoxy groups -OCH3 is 3. The second-order valence-electron chi connectivity index (χ2n) is 20.8. The first kappa shape index (κ1) is 59.8. The minimum absolute atomic E-state index is 0.0517. The molecular weight excluding hydrogens is 909 g/mol. The molecule has 3 N–H and O–H groups in total. The lowest BCUT2D eigenvalue weighted by Crippen LogP contribution is -2.61. The van der Waals surface area contributed by atoms with Crippen molar-refractivity contribution in [3.05, 3.63) is 47.6 Å². The first-order valence-electron chi connectivity index (χ1n) is 26.2. The Kier molecular flexibility index (Phi) is 24.6. The molecule has 400 valence electrons. The summed E-state index contributed by atoms with van der Waals surface area (Å²) >= 11 is 0. The average Bonchev–Trinajstić information content (AvgIpc) is 3.35. The molecule has 0 aromatic rings. The summed E-state index contributed by atoms with van der Waals surface area (Å²) < 4.78 is 36.7. The number of hydrogen-bond donors (Lipinski definition) is 3. The van der Waals surface area contributed by atoms with Crippen LogP contribution >= 0.6 is 0 Å². The van der Waals surface area contributed by atoms with Gasteiger partial charge in [-0.25, -0.2) is 4.79 Å². The Morgan fingerprint density at radius 3 is 2.32 bits per heavy atom. The van der Waals surface area contributed by atoms with Gasteiger partial charge in [0.1, 0.15) is 24.4 Å². The van der Waals surface area contributed by atoms with E-state index < -0.39 is 78.1 Å². The number of hydrogen-bond acceptors (Lipinski definition) is 14. The van der Waals surface area contributed by atoms with Gasteiger partial charge in [0.05, 0.1) is 36.2 Å². The van der Waals surface area contributed by atoms with E-state index >= 15 is 0 Å². The van der Waals surface area contributed by atoms with Crippen LogP contribution in [-0.4, -0.2) is 145 Å². The fraction of sp³-hybridized carbons (Fsp3) is 0.750. The third kappa shape index (κ3) is 16.6. The fourth-order valence-electron chi connectivity index (χ4n) is 11.0. The van der Waals surface area contributed by atoms with Gasteiger partial charge in [0.2, 0.25) is 5.79 Å². The molecular formula is C56H88N2O13. The number of piperidine rings is 1. The fourth-order valence-corrected chi connectivity index (χ4v) is 11.0. The molecule has 3 aliphatic heterocycles. The second-order valence-corrected chi connectivity index (χ2v) is 20.8. The van der Waals surface area contributed by atoms with Crippen molar-refractivity contribution in [3.63, 3.8) is 0 Å². The Morgan fingerprint density at radius 2 is 1.65 bits per heavy atom. The number of amides is 1. The molecule has 4 aliphatic rings. The number of ether oxygens (including phenoxy) is 6. The van der Waals surface area contributed by atoms with E-state index in [-0.39, 0.29) is 61.7 Å². The maximum Gasteiger partial charge on any atom is 0.329 e. The Labute approximate surface area is 424 Å². The molecule has 0 radical (unpaired) electrons. The Hall–Kier alpha value is -3.72. The quantitative estimate of drug-likeness (QED) is 0.0489. The van der Waals surface area contributed by atoms with Gasteiger partial charge in [0.25, 0.3) is 11.7 Å². The zero-order chi connectivity index (χ0) is 52.4. The number of fused-ring (bicyclic) bond motifs is 3. The predicted octanol–water partition coefficient (Wildman–Crippen LogP) is 7.45. The number of ketones is 1. The molecule has 16 atom stereocenters. The number of esters is 1. The smallest absolute Gasteiger partial charge is 0.329 e. The van der Waals surface area contributed by atoms with Crippen LogP contribution in [-0.2, 0) is 47.6 Å². The summed E-state index contributed by atoms with van der Waals surface area (Å²) in [7, 11) is 4.73. The number of rotatable bonds is 10. The number of oxime groups is 1. The van der Waals surface area contributed by atoms with Crippen molar-refractivity contribution in [1.29, 1.82) is 0 Å². The predicted molar refractivity (Wildman–Crippen MR) is 273 cm³/mol. The number of carbonyl (C=O) groups is 3. The highest BCUT2D eigenvalue weighted by molar-refractivity contribution is 6.39. The van der Waals surface area contributed by atoms with Crippen molar-refractivity contribution in [2.45, 2.75) is 193 Å². The minimum Gasteiger partial charge on any atom is -0.460 e. The Bertz CT molecular complexity index is 1910. The van der Waals surface area contributed by atoms with Crippen LogP contribution in [0.2, 0.25) is 0 Å². The number of aliphatic hydroxyl groups is 3. The van der Waals surface area contributed by atoms with Gasteiger partial charge in [-0.15, -0.1) is 6.42 Å². The summed E-state index contributed by atoms with van der Waals surface area (Å²) in [5, 5.41) is 39.1. The molecule has 3 fully saturated rings. The van der Waals surface area contributed by atoms with Crippen LogP contribution in [0.3, 0.4) is 0 Å². The van der Waals surface area contributed by atoms with E-state index in [9.17, 15) is 29.7 Å². The van der Waals surface area contributed by atoms with Crippen molar-refractivity contribution in [2.24, 2.45) is 40.7 Å². The maximum atomic E-state index is 14.7. The van der Waals surface area contributed by atoms with Gasteiger partial charge in [-0.2, -0.15) is 0 Å². The second kappa shape index (κ2) is 29.2. The largest absolute Gasteiger partial charge is 0.460 e. The summed E-state index contributed by atoms with van der Waals surface area (Å²) in [5.41, 5.74) is 2.03. The lowest BCUT2D eigenvalue weighted by molar-refractivity contribution is -0.265. The van der Waals surface area contributed by atoms with Crippen LogP contribution < -0.4 is 0 Å². The van der Waals surface area contributed by atoms with E-state index in [1.165, 1.54) is 12.0 Å². The van der Waals surface area contributed by atoms with Crippen LogP contribution in [0.25, 0.3) is 0 Å². The van der Waals surface area contributed by atoms with Gasteiger partial charge in [0, 0.05) is 65.1 Å². The van der Waals surface area contributed by atoms with Gasteiger partial charge < -0.3 is 53.5 Å². The van der Waals surface area contributed by atoms with E-state index in [1.807, 2.05) is 71.9 Å². The van der Waals surface area contributed by atoms with Crippen LogP contribution in [0.5, 0.6) is 0 Å². The van der Waals surface area contributed by atoms with E-state index in [4.69, 9.17) is 39.7 Å². The summed E-state index contributed by atoms with van der Waals surface area (Å²) in [6.45, 7) is 16.0. The molecule has 0 aromatic carbocycles. The molecule has 15 nitrogen and oxygen atoms in total. The topological polar surface area (TPSA) is 192 Å². The number of Topliss-reactive ketones (excluding diaryl/α,β-unsaturated/α-hetero) is 1. The van der Waals surface area contributed by atoms with Crippen molar-refractivity contribution in [2.75, 3.05) is 41.1 Å². The first-order chi connectivity index (χ1) is 33.8. The van der Waals surface area contributed by atoms with Crippen molar-refractivity contribution in [1.82, 2.24) is 4.90 Å². The molecule has 1 amide bonds. The van der Waals surface area contributed by atoms with E-state index in [0.29, 0.717) is 75.7 Å². The van der Waals surface area contributed by atoms with Crippen LogP contribution in [0, 0.1) is 47.9 Å². The SMILES string of the molecule is C#CCON=C1[C@H](C)C[C@H](C)/C=C/C=C/C=C(\C)C(OC)C[C@@H]2CC[C@@H](C)[C@@](O)(O2)C(=O)C(=O)N2CCCC[C@H]2C(=O)O[C@H]([C@H](C)C[C@@H]2CC[C@@H](O)[C@H](OC)C2)C[C@@H](OCC)[C@H](C)/C=C(\C)[C@@H](O)[C@H]1OC. The highest BCUT2D eigenvalue weighted by Crippen LogP contribution is 2.38. The van der Waals surface area contributed by atoms with Gasteiger partial charge in [-0.1, -0.05) is 82.2 Å². The lowest BCUT2D eigenvalue weighted by atomic mass is 9.78. The van der Waals surface area contributed by atoms with Gasteiger partial charge in [0.15, 0.2) is 6.61 Å². The molecule has 71 heavy (non-hydrogen) atoms. The molecule has 15 heteroatoms. The van der Waals surface area contributed by atoms with Gasteiger partial charge in [-0.3, -0.25) is 9.59 Å². The summed E-state index contributed by atoms with van der Waals surface area (Å²) in [5.74, 6) is -3.75. The summed E-state index contributed by atoms with van der Waals surface area (Å²) in [6.07, 6.45) is 18.7. The van der Waals surface area contributed by atoms with E-state index in [1.54, 1.807) is 21.1 Å². The zero-order valence-electron chi connectivity index (χ0n) is 44.6. The third-order valence-electron chi connectivity index (χ3n) is 15.4. The number of nitrogens with zero attached hydrogens (tertiary/aromatic N) is 2. The average molecular weight is 997 g/mol. The molecule has 1 saturated carbocycles. The normalized spacial score (nSPS) is 39.4. The standard InChI is InChI=1S/C56H88N2O13/c1-13-28-69-57-50-39(7)29-35(3)20-16-15-17-21-36(4)46(65-10)33-43-25-23-41(9)56(64,71-43)53(61)54(62)58-27-19-18-22-44(58)55(63)70-48(38(6)31-42-24-26-45(59)49(32-42)66-11)34-47(68-14-2)37(5)30-40(8)51(60)52(50)67-12/h1,15-17,20-21,30,35,37-39,41-49,51-52,59-60,64H,14,18-19,22-29,31-34H2,2-12H3/b17-15+,20-16+,36-21+,40-30+,57-50?/t35-,37-,38-,39-,41-,42+,43+,44+,45-,46?,47-,48+,49-,51-,52+,56-/m1/s1. The Morgan fingerprint density at radius 1 is 0.901 bits per heavy atom. The van der Waals surface area contributed by atoms with Gasteiger partial charge >= 0.3 is 5.97 Å². The van der Waals surface area contributed by atoms with Gasteiger partial charge in [-0.05, 0) is 114 Å². The van der Waals surface area contributed by atoms with E-state index in [2.05, 4.69) is 24.1 Å². The molecule has 0 spiro atoms. The summed E-state index contributed by atoms with van der Waals surface area (Å²) in [4.78, 5) is 50.2. The highest BCUT2D eigenvalue weighted by Gasteiger charge is 2.53. The first-order valence-corrected chi connectivity index (χ1v) is 26.2. The van der Waals surface area contributed by atoms with Crippen molar-refractivity contribution >= 4 is 23.4 Å². The molecule has 4 rings (SSSR count). The number of carbonyl (C=O) groups excluding carboxylic acids is 3. The molecule has 2 saturated heterocycles. The number of allylic oxidation sites excluding steroid dienone is 5. The van der Waals surface area contributed by atoms with Crippen LogP contribution in [0.4, 0.5) is 0 Å². The third-order valence-corrected chi connectivity index (χ3v) is 15.4. The zero-order valence-corrected chi connectivity index (χ0v) is 44.6. The number of aliphatic hydroxyl groups excluding tert-OH is 2. The van der Waals surface area contributed by atoms with Crippen molar-refractivity contribution < 1.29 is 63.0 Å². The molecule has 1 unspecified atom stereocenters. The molecule has 0 aromatic heterocycles. The summed E-state index contributed by atoms with van der Waals surface area (Å²) in [6, 6.07) is -1.07. The Balaban J connectivity index is 1.79.